The van der Waals surface area contributed by atoms with E-state index in [4.69, 9.17) is 0 Å². The Morgan fingerprint density at radius 3 is 2.67 bits per heavy atom. The van der Waals surface area contributed by atoms with Crippen molar-refractivity contribution in [1.82, 2.24) is 0 Å². The summed E-state index contributed by atoms with van der Waals surface area (Å²) < 4.78 is 0. The normalized spacial score (nSPS) is 18.4. The summed E-state index contributed by atoms with van der Waals surface area (Å²) in [7, 11) is 0. The fourth-order valence-electron chi connectivity index (χ4n) is 3.17. The number of aryl methyl sites for hydroxylation is 2. The molecule has 0 nitrogen and oxygen atoms in total. The van der Waals surface area contributed by atoms with Crippen molar-refractivity contribution >= 4 is 0 Å². The van der Waals surface area contributed by atoms with Crippen molar-refractivity contribution in [1.29, 1.82) is 0 Å². The van der Waals surface area contributed by atoms with Crippen molar-refractivity contribution in [2.24, 2.45) is 0 Å². The van der Waals surface area contributed by atoms with Crippen molar-refractivity contribution < 1.29 is 0 Å². The molecular weight excluding hydrogens is 216 g/mol. The Morgan fingerprint density at radius 2 is 1.78 bits per heavy atom. The van der Waals surface area contributed by atoms with Crippen LogP contribution in [0.2, 0.25) is 0 Å². The highest BCUT2D eigenvalue weighted by Gasteiger charge is 2.20. The highest BCUT2D eigenvalue weighted by atomic mass is 14.2. The monoisotopic (exact) mass is 236 g/mol. The molecule has 1 unspecified atom stereocenters. The Hall–Kier alpha value is -1.56. The minimum absolute atomic E-state index is 0.719. The minimum Gasteiger partial charge on any atom is -0.0620 e. The lowest BCUT2D eigenvalue weighted by Crippen LogP contribution is -2.12. The zero-order valence-corrected chi connectivity index (χ0v) is 11.0. The predicted molar refractivity (Wildman–Crippen MR) is 77.0 cm³/mol. The zero-order valence-electron chi connectivity index (χ0n) is 11.0. The third-order valence-corrected chi connectivity index (χ3v) is 4.22. The Morgan fingerprint density at radius 1 is 1.00 bits per heavy atom. The Labute approximate surface area is 110 Å². The van der Waals surface area contributed by atoms with Crippen molar-refractivity contribution in [3.8, 4) is 0 Å². The maximum absolute atomic E-state index is 2.33. The van der Waals surface area contributed by atoms with Gasteiger partial charge in [0, 0.05) is 0 Å². The molecule has 1 aliphatic carbocycles. The van der Waals surface area contributed by atoms with Crippen LogP contribution in [-0.2, 0) is 12.8 Å². The van der Waals surface area contributed by atoms with Gasteiger partial charge in [-0.25, -0.2) is 0 Å². The molecule has 0 fully saturated rings. The van der Waals surface area contributed by atoms with Gasteiger partial charge < -0.3 is 0 Å². The first-order valence-corrected chi connectivity index (χ1v) is 6.97. The topological polar surface area (TPSA) is 0 Å². The van der Waals surface area contributed by atoms with Gasteiger partial charge in [-0.1, -0.05) is 48.5 Å². The van der Waals surface area contributed by atoms with Crippen LogP contribution >= 0.6 is 0 Å². The molecule has 0 bridgehead atoms. The van der Waals surface area contributed by atoms with E-state index in [1.807, 2.05) is 0 Å². The second-order valence-corrected chi connectivity index (χ2v) is 5.42. The summed E-state index contributed by atoms with van der Waals surface area (Å²) in [6.07, 6.45) is 5.14. The molecule has 1 aliphatic rings. The van der Waals surface area contributed by atoms with Gasteiger partial charge in [0.05, 0.1) is 0 Å². The summed E-state index contributed by atoms with van der Waals surface area (Å²) >= 11 is 0. The summed E-state index contributed by atoms with van der Waals surface area (Å²) in [5.74, 6) is 0.719. The van der Waals surface area contributed by atoms with Gasteiger partial charge in [0.2, 0.25) is 0 Å². The molecule has 0 heteroatoms. The molecule has 0 saturated carbocycles. The van der Waals surface area contributed by atoms with Gasteiger partial charge in [-0.3, -0.25) is 0 Å². The van der Waals surface area contributed by atoms with Gasteiger partial charge in [0.1, 0.15) is 0 Å². The average molecular weight is 236 g/mol. The maximum atomic E-state index is 2.33. The van der Waals surface area contributed by atoms with E-state index in [0.717, 1.165) is 5.92 Å². The van der Waals surface area contributed by atoms with Crippen LogP contribution < -0.4 is 0 Å². The Bertz CT molecular complexity index is 539. The van der Waals surface area contributed by atoms with Gasteiger partial charge in [-0.2, -0.15) is 0 Å². The lowest BCUT2D eigenvalue weighted by atomic mass is 9.79. The minimum atomic E-state index is 0.719. The lowest BCUT2D eigenvalue weighted by molar-refractivity contribution is 0.549. The largest absolute Gasteiger partial charge is 0.0620 e. The molecule has 3 rings (SSSR count). The molecule has 1 atom stereocenters. The van der Waals surface area contributed by atoms with Crippen LogP contribution in [0.4, 0.5) is 0 Å². The Balaban J connectivity index is 1.89. The molecular formula is C18H20. The molecule has 0 radical (unpaired) electrons. The van der Waals surface area contributed by atoms with Gasteiger partial charge >= 0.3 is 0 Å². The maximum Gasteiger partial charge on any atom is -0.0119 e. The molecule has 2 aromatic rings. The Kier molecular flexibility index (Phi) is 3.19. The van der Waals surface area contributed by atoms with Crippen molar-refractivity contribution in [2.75, 3.05) is 0 Å². The molecule has 0 aliphatic heterocycles. The molecule has 0 N–H and O–H groups in total. The molecule has 0 aromatic heterocycles. The van der Waals surface area contributed by atoms with E-state index in [0.29, 0.717) is 0 Å². The van der Waals surface area contributed by atoms with E-state index in [-0.39, 0.29) is 0 Å². The zero-order chi connectivity index (χ0) is 12.4. The summed E-state index contributed by atoms with van der Waals surface area (Å²) in [5.41, 5.74) is 6.11. The van der Waals surface area contributed by atoms with E-state index in [9.17, 15) is 0 Å². The molecule has 0 saturated heterocycles. The van der Waals surface area contributed by atoms with Crippen LogP contribution in [0.25, 0.3) is 0 Å². The SMILES string of the molecule is Cc1ccccc1CC1CCCc2ccccc21. The third-order valence-electron chi connectivity index (χ3n) is 4.22. The van der Waals surface area contributed by atoms with Crippen LogP contribution in [0.5, 0.6) is 0 Å². The standard InChI is InChI=1S/C18H20/c1-14-7-2-3-9-16(14)13-17-11-6-10-15-8-4-5-12-18(15)17/h2-5,7-9,12,17H,6,10-11,13H2,1H3. The number of rotatable bonds is 2. The second-order valence-electron chi connectivity index (χ2n) is 5.42. The molecule has 92 valence electrons. The van der Waals surface area contributed by atoms with E-state index in [2.05, 4.69) is 55.5 Å². The van der Waals surface area contributed by atoms with Crippen LogP contribution in [0.1, 0.15) is 41.0 Å². The summed E-state index contributed by atoms with van der Waals surface area (Å²) in [6, 6.07) is 17.8. The molecule has 0 spiro atoms. The first-order chi connectivity index (χ1) is 8.84. The molecule has 0 amide bonds. The summed E-state index contributed by atoms with van der Waals surface area (Å²) in [4.78, 5) is 0. The first kappa shape index (κ1) is 11.5. The lowest BCUT2D eigenvalue weighted by Gasteiger charge is -2.26. The number of fused-ring (bicyclic) bond motifs is 1. The van der Waals surface area contributed by atoms with Crippen molar-refractivity contribution in [3.05, 3.63) is 70.8 Å². The fraction of sp³-hybridized carbons (Fsp3) is 0.333. The average Bonchev–Trinajstić information content (AvgIpc) is 2.42. The fourth-order valence-corrected chi connectivity index (χ4v) is 3.17. The predicted octanol–water partition coefficient (Wildman–Crippen LogP) is 4.66. The van der Waals surface area contributed by atoms with Gasteiger partial charge in [0.15, 0.2) is 0 Å². The number of benzene rings is 2. The first-order valence-electron chi connectivity index (χ1n) is 6.97. The van der Waals surface area contributed by atoms with Gasteiger partial charge in [-0.05, 0) is 60.8 Å². The van der Waals surface area contributed by atoms with Crippen LogP contribution in [-0.4, -0.2) is 0 Å². The van der Waals surface area contributed by atoms with Gasteiger partial charge in [-0.15, -0.1) is 0 Å². The molecule has 2 aromatic carbocycles. The highest BCUT2D eigenvalue weighted by molar-refractivity contribution is 5.35. The summed E-state index contributed by atoms with van der Waals surface area (Å²) in [6.45, 7) is 2.23. The highest BCUT2D eigenvalue weighted by Crippen LogP contribution is 2.34. The quantitative estimate of drug-likeness (QED) is 0.711. The van der Waals surface area contributed by atoms with E-state index < -0.39 is 0 Å². The van der Waals surface area contributed by atoms with Gasteiger partial charge in [0.25, 0.3) is 0 Å². The number of hydrogen-bond acceptors (Lipinski definition) is 0. The van der Waals surface area contributed by atoms with Crippen molar-refractivity contribution in [3.63, 3.8) is 0 Å². The van der Waals surface area contributed by atoms with Crippen LogP contribution in [0.3, 0.4) is 0 Å². The van der Waals surface area contributed by atoms with Crippen LogP contribution in [0, 0.1) is 6.92 Å². The van der Waals surface area contributed by atoms with Crippen molar-refractivity contribution in [2.45, 2.75) is 38.5 Å². The third kappa shape index (κ3) is 2.20. The number of hydrogen-bond donors (Lipinski definition) is 0. The van der Waals surface area contributed by atoms with Crippen LogP contribution in [0.15, 0.2) is 48.5 Å². The van der Waals surface area contributed by atoms with E-state index in [1.54, 1.807) is 11.1 Å². The van der Waals surface area contributed by atoms with E-state index >= 15 is 0 Å². The summed E-state index contributed by atoms with van der Waals surface area (Å²) in [5, 5.41) is 0. The second kappa shape index (κ2) is 4.97. The smallest absolute Gasteiger partial charge is 0.0119 e. The van der Waals surface area contributed by atoms with E-state index in [1.165, 1.54) is 36.8 Å². The molecule has 0 heterocycles. The molecule has 18 heavy (non-hydrogen) atoms.